The van der Waals surface area contributed by atoms with Crippen LogP contribution in [0.15, 0.2) is 24.2 Å². The maximum Gasteiger partial charge on any atom is 0.253 e. The second-order valence-corrected chi connectivity index (χ2v) is 4.35. The summed E-state index contributed by atoms with van der Waals surface area (Å²) in [6.07, 6.45) is -2.64. The Morgan fingerprint density at radius 2 is 2.17 bits per heavy atom. The second kappa shape index (κ2) is 4.69. The SMILES string of the molecule is C=C1NC(=O)C(C)=CN1[C@@H]1O[C@H](CO)C(O)[C@H]1O. The van der Waals surface area contributed by atoms with Crippen LogP contribution < -0.4 is 5.32 Å². The Labute approximate surface area is 104 Å². The van der Waals surface area contributed by atoms with Crippen molar-refractivity contribution in [2.24, 2.45) is 0 Å². The van der Waals surface area contributed by atoms with Crippen LogP contribution in [-0.2, 0) is 9.53 Å². The van der Waals surface area contributed by atoms with E-state index in [4.69, 9.17) is 9.84 Å². The van der Waals surface area contributed by atoms with Crippen LogP contribution >= 0.6 is 0 Å². The fourth-order valence-electron chi connectivity index (χ4n) is 1.98. The number of amides is 1. The molecule has 0 aromatic carbocycles. The van der Waals surface area contributed by atoms with Crippen molar-refractivity contribution in [3.05, 3.63) is 24.2 Å². The van der Waals surface area contributed by atoms with Crippen molar-refractivity contribution in [2.45, 2.75) is 31.5 Å². The van der Waals surface area contributed by atoms with Gasteiger partial charge >= 0.3 is 0 Å². The lowest BCUT2D eigenvalue weighted by atomic mass is 10.1. The van der Waals surface area contributed by atoms with Gasteiger partial charge in [0.1, 0.15) is 24.1 Å². The lowest BCUT2D eigenvalue weighted by Gasteiger charge is -2.33. The number of nitrogens with one attached hydrogen (secondary N) is 1. The first-order valence-electron chi connectivity index (χ1n) is 5.55. The number of carbonyl (C=O) groups excluding carboxylic acids is 1. The predicted molar refractivity (Wildman–Crippen MR) is 60.6 cm³/mol. The molecule has 0 radical (unpaired) electrons. The fourth-order valence-corrected chi connectivity index (χ4v) is 1.98. The van der Waals surface area contributed by atoms with Crippen LogP contribution in [0.2, 0.25) is 0 Å². The zero-order valence-electron chi connectivity index (χ0n) is 9.91. The number of hydrogen-bond acceptors (Lipinski definition) is 6. The van der Waals surface area contributed by atoms with E-state index >= 15 is 0 Å². The van der Waals surface area contributed by atoms with E-state index in [2.05, 4.69) is 11.9 Å². The highest BCUT2D eigenvalue weighted by atomic mass is 16.6. The molecule has 2 aliphatic rings. The molecule has 18 heavy (non-hydrogen) atoms. The number of carbonyl (C=O) groups is 1. The van der Waals surface area contributed by atoms with Gasteiger partial charge in [0.25, 0.3) is 5.91 Å². The number of nitrogens with zero attached hydrogens (tertiary/aromatic N) is 1. The maximum absolute atomic E-state index is 11.4. The van der Waals surface area contributed by atoms with Crippen molar-refractivity contribution in [2.75, 3.05) is 6.61 Å². The molecule has 0 aromatic rings. The molecule has 7 nitrogen and oxygen atoms in total. The summed E-state index contributed by atoms with van der Waals surface area (Å²) in [5, 5.41) is 31.1. The van der Waals surface area contributed by atoms with Crippen molar-refractivity contribution in [3.63, 3.8) is 0 Å². The molecule has 1 amide bonds. The Balaban J connectivity index is 2.22. The molecule has 1 fully saturated rings. The van der Waals surface area contributed by atoms with Crippen LogP contribution in [0, 0.1) is 0 Å². The van der Waals surface area contributed by atoms with E-state index < -0.39 is 31.1 Å². The van der Waals surface area contributed by atoms with Crippen LogP contribution in [0.4, 0.5) is 0 Å². The number of aliphatic hydroxyl groups is 3. The molecule has 2 rings (SSSR count). The van der Waals surface area contributed by atoms with Gasteiger partial charge in [0, 0.05) is 11.8 Å². The second-order valence-electron chi connectivity index (χ2n) is 4.35. The van der Waals surface area contributed by atoms with E-state index in [-0.39, 0.29) is 11.7 Å². The summed E-state index contributed by atoms with van der Waals surface area (Å²) in [7, 11) is 0. The average molecular weight is 256 g/mol. The summed E-state index contributed by atoms with van der Waals surface area (Å²) in [6, 6.07) is 0. The van der Waals surface area contributed by atoms with E-state index in [1.54, 1.807) is 6.92 Å². The van der Waals surface area contributed by atoms with E-state index in [9.17, 15) is 15.0 Å². The van der Waals surface area contributed by atoms with Gasteiger partial charge in [-0.3, -0.25) is 4.79 Å². The van der Waals surface area contributed by atoms with Gasteiger partial charge in [0.2, 0.25) is 0 Å². The minimum absolute atomic E-state index is 0.250. The normalized spacial score (nSPS) is 36.7. The van der Waals surface area contributed by atoms with E-state index in [1.165, 1.54) is 11.1 Å². The van der Waals surface area contributed by atoms with Crippen LogP contribution in [0.1, 0.15) is 6.92 Å². The third-order valence-electron chi connectivity index (χ3n) is 3.05. The lowest BCUT2D eigenvalue weighted by molar-refractivity contribution is -0.119. The Bertz CT molecular complexity index is 408. The molecule has 4 atom stereocenters. The summed E-state index contributed by atoms with van der Waals surface area (Å²) in [5.41, 5.74) is 0.431. The molecule has 1 unspecified atom stereocenters. The summed E-state index contributed by atoms with van der Waals surface area (Å²) < 4.78 is 5.35. The molecule has 100 valence electrons. The maximum atomic E-state index is 11.4. The number of aliphatic hydroxyl groups excluding tert-OH is 3. The van der Waals surface area contributed by atoms with Crippen molar-refractivity contribution >= 4 is 5.91 Å². The van der Waals surface area contributed by atoms with Crippen LogP contribution in [-0.4, -0.2) is 57.3 Å². The zero-order chi connectivity index (χ0) is 13.4. The molecule has 1 saturated heterocycles. The Hall–Kier alpha value is -1.41. The lowest BCUT2D eigenvalue weighted by Crippen LogP contribution is -2.47. The van der Waals surface area contributed by atoms with Crippen molar-refractivity contribution < 1.29 is 24.9 Å². The molecule has 0 bridgehead atoms. The molecule has 4 N–H and O–H groups in total. The van der Waals surface area contributed by atoms with Crippen LogP contribution in [0.3, 0.4) is 0 Å². The third-order valence-corrected chi connectivity index (χ3v) is 3.05. The first-order chi connectivity index (χ1) is 8.45. The molecule has 2 heterocycles. The quantitative estimate of drug-likeness (QED) is 0.466. The number of rotatable bonds is 2. The number of ether oxygens (including phenoxy) is 1. The zero-order valence-corrected chi connectivity index (χ0v) is 9.91. The summed E-state index contributed by atoms with van der Waals surface area (Å²) >= 11 is 0. The van der Waals surface area contributed by atoms with E-state index in [0.717, 1.165) is 0 Å². The highest BCUT2D eigenvalue weighted by Gasteiger charge is 2.46. The van der Waals surface area contributed by atoms with Gasteiger partial charge < -0.3 is 30.3 Å². The molecule has 0 saturated carbocycles. The summed E-state index contributed by atoms with van der Waals surface area (Å²) in [4.78, 5) is 12.8. The van der Waals surface area contributed by atoms with Gasteiger partial charge in [-0.05, 0) is 6.92 Å². The third kappa shape index (κ3) is 2.01. The van der Waals surface area contributed by atoms with Crippen LogP contribution in [0.25, 0.3) is 0 Å². The van der Waals surface area contributed by atoms with Gasteiger partial charge in [-0.1, -0.05) is 6.58 Å². The number of hydrogen-bond donors (Lipinski definition) is 4. The summed E-state index contributed by atoms with van der Waals surface area (Å²) in [5.74, 6) is -0.0246. The predicted octanol–water partition coefficient (Wildman–Crippen LogP) is -1.77. The van der Waals surface area contributed by atoms with E-state index in [1.807, 2.05) is 0 Å². The largest absolute Gasteiger partial charge is 0.394 e. The molecule has 7 heteroatoms. The molecule has 2 aliphatic heterocycles. The standard InChI is InChI=1S/C11H16N2O5/c1-5-3-13(6(2)12-10(5)17)11-9(16)8(15)7(4-14)18-11/h3,7-9,11,14-16H,2,4H2,1H3,(H,12,17)/t7-,8?,9-,11-/m1/s1. The van der Waals surface area contributed by atoms with Gasteiger partial charge in [0.15, 0.2) is 6.23 Å². The highest BCUT2D eigenvalue weighted by molar-refractivity contribution is 5.94. The van der Waals surface area contributed by atoms with Crippen LogP contribution in [0.5, 0.6) is 0 Å². The minimum atomic E-state index is -1.20. The molecule has 0 aliphatic carbocycles. The Morgan fingerprint density at radius 1 is 1.50 bits per heavy atom. The van der Waals surface area contributed by atoms with Gasteiger partial charge in [-0.2, -0.15) is 0 Å². The minimum Gasteiger partial charge on any atom is -0.394 e. The highest BCUT2D eigenvalue weighted by Crippen LogP contribution is 2.27. The van der Waals surface area contributed by atoms with Crippen molar-refractivity contribution in [1.29, 1.82) is 0 Å². The van der Waals surface area contributed by atoms with Crippen molar-refractivity contribution in [3.8, 4) is 0 Å². The monoisotopic (exact) mass is 256 g/mol. The Morgan fingerprint density at radius 3 is 2.72 bits per heavy atom. The molecular formula is C11H16N2O5. The topological polar surface area (TPSA) is 102 Å². The van der Waals surface area contributed by atoms with Gasteiger partial charge in [-0.15, -0.1) is 0 Å². The van der Waals surface area contributed by atoms with Gasteiger partial charge in [-0.25, -0.2) is 0 Å². The van der Waals surface area contributed by atoms with Crippen molar-refractivity contribution in [1.82, 2.24) is 10.2 Å². The Kier molecular flexibility index (Phi) is 3.40. The molecule has 0 aromatic heterocycles. The smallest absolute Gasteiger partial charge is 0.253 e. The average Bonchev–Trinajstić information content (AvgIpc) is 2.61. The first-order valence-corrected chi connectivity index (χ1v) is 5.55. The summed E-state index contributed by atoms with van der Waals surface area (Å²) in [6.45, 7) is 4.86. The van der Waals surface area contributed by atoms with Gasteiger partial charge in [0.05, 0.1) is 6.61 Å². The first kappa shape index (κ1) is 13.0. The molecule has 0 spiro atoms. The fraction of sp³-hybridized carbons (Fsp3) is 0.545. The molecular weight excluding hydrogens is 240 g/mol. The van der Waals surface area contributed by atoms with E-state index in [0.29, 0.717) is 5.57 Å².